The van der Waals surface area contributed by atoms with Gasteiger partial charge in [0, 0.05) is 36.9 Å². The minimum absolute atomic E-state index is 0.192. The Morgan fingerprint density at radius 2 is 1.75 bits per heavy atom. The number of nitrogens with zero attached hydrogens (tertiary/aromatic N) is 4. The van der Waals surface area contributed by atoms with E-state index in [0.29, 0.717) is 11.9 Å². The topological polar surface area (TPSA) is 71.7 Å². The number of aliphatic imine (C=N–C) groups is 1. The van der Waals surface area contributed by atoms with Crippen LogP contribution in [0.3, 0.4) is 0 Å². The normalized spacial score (nSPS) is 30.6. The minimum Gasteiger partial charge on any atom is -0.368 e. The molecular weight excluding hydrogens is 374 g/mol. The molecule has 1 atom stereocenters. The number of guanidine groups is 1. The maximum Gasteiger partial charge on any atom is 0.246 e. The van der Waals surface area contributed by atoms with Crippen molar-refractivity contribution in [3.05, 3.63) is 29.3 Å². The quantitative estimate of drug-likeness (QED) is 0.787. The summed E-state index contributed by atoms with van der Waals surface area (Å²) in [6.07, 6.45) is 3.67. The van der Waals surface area contributed by atoms with Gasteiger partial charge in [0.15, 0.2) is 5.92 Å². The van der Waals surface area contributed by atoms with E-state index in [4.69, 9.17) is 16.6 Å². The highest BCUT2D eigenvalue weighted by molar-refractivity contribution is 6.30. The van der Waals surface area contributed by atoms with Crippen molar-refractivity contribution < 1.29 is 4.79 Å². The van der Waals surface area contributed by atoms with Gasteiger partial charge in [-0.1, -0.05) is 18.5 Å². The van der Waals surface area contributed by atoms with Crippen LogP contribution < -0.4 is 10.2 Å². The molecule has 1 spiro atoms. The molecule has 1 saturated heterocycles. The van der Waals surface area contributed by atoms with E-state index in [2.05, 4.69) is 28.1 Å². The van der Waals surface area contributed by atoms with Crippen LogP contribution in [0.25, 0.3) is 0 Å². The van der Waals surface area contributed by atoms with E-state index in [9.17, 15) is 10.1 Å². The average molecular weight is 400 g/mol. The molecule has 1 saturated carbocycles. The van der Waals surface area contributed by atoms with Gasteiger partial charge in [0.05, 0.1) is 11.6 Å². The molecule has 2 fully saturated rings. The van der Waals surface area contributed by atoms with Crippen LogP contribution in [0.2, 0.25) is 5.02 Å². The molecule has 28 heavy (non-hydrogen) atoms. The second-order valence-corrected chi connectivity index (χ2v) is 8.66. The highest BCUT2D eigenvalue weighted by atomic mass is 35.5. The first kappa shape index (κ1) is 19.1. The van der Waals surface area contributed by atoms with Crippen molar-refractivity contribution in [2.24, 2.45) is 16.8 Å². The van der Waals surface area contributed by atoms with Gasteiger partial charge in [-0.25, -0.2) is 4.99 Å². The Bertz CT molecular complexity index is 799. The summed E-state index contributed by atoms with van der Waals surface area (Å²) >= 11 is 5.99. The number of nitrogens with one attached hydrogen (secondary N) is 1. The zero-order chi connectivity index (χ0) is 19.7. The highest BCUT2D eigenvalue weighted by Crippen LogP contribution is 2.41. The zero-order valence-corrected chi connectivity index (χ0v) is 17.0. The van der Waals surface area contributed by atoms with E-state index in [1.807, 2.05) is 24.3 Å². The third-order valence-electron chi connectivity index (χ3n) is 6.40. The Balaban J connectivity index is 1.49. The van der Waals surface area contributed by atoms with Crippen LogP contribution in [0, 0.1) is 23.2 Å². The first-order valence-corrected chi connectivity index (χ1v) is 10.4. The van der Waals surface area contributed by atoms with Crippen LogP contribution in [0.1, 0.15) is 32.6 Å². The lowest BCUT2D eigenvalue weighted by Gasteiger charge is -2.45. The molecule has 4 rings (SSSR count). The van der Waals surface area contributed by atoms with Gasteiger partial charge in [-0.3, -0.25) is 10.1 Å². The number of amides is 1. The molecule has 0 aromatic heterocycles. The minimum atomic E-state index is -0.681. The lowest BCUT2D eigenvalue weighted by molar-refractivity contribution is -0.125. The number of hydrogen-bond donors (Lipinski definition) is 1. The molecular formula is C21H26ClN5O. The molecule has 1 N–H and O–H groups in total. The first-order chi connectivity index (χ1) is 13.5. The number of piperazine rings is 1. The van der Waals surface area contributed by atoms with Gasteiger partial charge < -0.3 is 9.80 Å². The van der Waals surface area contributed by atoms with Gasteiger partial charge in [-0.05, 0) is 55.9 Å². The number of rotatable bonds is 1. The maximum absolute atomic E-state index is 12.7. The predicted molar refractivity (Wildman–Crippen MR) is 110 cm³/mol. The average Bonchev–Trinajstić information content (AvgIpc) is 2.71. The fourth-order valence-corrected chi connectivity index (χ4v) is 4.68. The summed E-state index contributed by atoms with van der Waals surface area (Å²) in [6, 6.07) is 10.1. The Hall–Kier alpha value is -2.26. The van der Waals surface area contributed by atoms with Gasteiger partial charge in [0.25, 0.3) is 0 Å². The van der Waals surface area contributed by atoms with E-state index in [1.165, 1.54) is 0 Å². The summed E-state index contributed by atoms with van der Waals surface area (Å²) in [5.74, 6) is 0.416. The number of anilines is 1. The van der Waals surface area contributed by atoms with Crippen molar-refractivity contribution in [3.8, 4) is 6.07 Å². The van der Waals surface area contributed by atoms with Gasteiger partial charge in [0.1, 0.15) is 0 Å². The third-order valence-corrected chi connectivity index (χ3v) is 6.66. The number of hydrogen-bond acceptors (Lipinski definition) is 5. The van der Waals surface area contributed by atoms with E-state index in [-0.39, 0.29) is 5.91 Å². The van der Waals surface area contributed by atoms with Crippen molar-refractivity contribution in [1.29, 1.82) is 5.26 Å². The first-order valence-electron chi connectivity index (χ1n) is 10.1. The summed E-state index contributed by atoms with van der Waals surface area (Å²) in [4.78, 5) is 22.1. The monoisotopic (exact) mass is 399 g/mol. The number of benzene rings is 1. The van der Waals surface area contributed by atoms with E-state index in [1.54, 1.807) is 0 Å². The summed E-state index contributed by atoms with van der Waals surface area (Å²) in [5.41, 5.74) is 0.604. The molecule has 3 aliphatic rings. The van der Waals surface area contributed by atoms with Gasteiger partial charge >= 0.3 is 0 Å². The summed E-state index contributed by atoms with van der Waals surface area (Å²) in [5, 5.41) is 13.3. The van der Waals surface area contributed by atoms with Crippen LogP contribution in [0.4, 0.5) is 5.69 Å². The fourth-order valence-electron chi connectivity index (χ4n) is 4.55. The van der Waals surface area contributed by atoms with Crippen LogP contribution in [-0.4, -0.2) is 48.5 Å². The van der Waals surface area contributed by atoms with Crippen LogP contribution in [0.15, 0.2) is 29.3 Å². The van der Waals surface area contributed by atoms with E-state index in [0.717, 1.165) is 62.6 Å². The molecule has 1 amide bonds. The van der Waals surface area contributed by atoms with E-state index < -0.39 is 11.5 Å². The van der Waals surface area contributed by atoms with Crippen LogP contribution in [0.5, 0.6) is 0 Å². The summed E-state index contributed by atoms with van der Waals surface area (Å²) in [7, 11) is 0. The molecule has 148 valence electrons. The Labute approximate surface area is 171 Å². The van der Waals surface area contributed by atoms with Crippen molar-refractivity contribution in [3.63, 3.8) is 0 Å². The lowest BCUT2D eigenvalue weighted by Crippen LogP contribution is -2.60. The third kappa shape index (κ3) is 3.56. The van der Waals surface area contributed by atoms with Crippen molar-refractivity contribution in [2.45, 2.75) is 38.1 Å². The van der Waals surface area contributed by atoms with Crippen LogP contribution in [-0.2, 0) is 4.79 Å². The molecule has 1 aromatic rings. The molecule has 1 aliphatic carbocycles. The molecule has 0 unspecified atom stereocenters. The standard InChI is InChI=1S/C21H26ClN5O/c1-15-6-8-21(9-7-15)18(14-23)19(28)24-20(25-21)27-12-10-26(11-13-27)17-4-2-16(22)3-5-17/h2-5,15,18H,6-13H2,1H3,(H,24,25,28)/t15?,18-,21?/m0/s1. The highest BCUT2D eigenvalue weighted by Gasteiger charge is 2.49. The molecule has 0 radical (unpaired) electrons. The number of halogens is 1. The van der Waals surface area contributed by atoms with Gasteiger partial charge in [0.2, 0.25) is 11.9 Å². The second-order valence-electron chi connectivity index (χ2n) is 8.22. The maximum atomic E-state index is 12.7. The number of nitriles is 1. The number of carbonyl (C=O) groups excluding carboxylic acids is 1. The Morgan fingerprint density at radius 1 is 1.14 bits per heavy atom. The molecule has 7 heteroatoms. The molecule has 2 aliphatic heterocycles. The molecule has 2 heterocycles. The summed E-state index contributed by atoms with van der Waals surface area (Å²) in [6.45, 7) is 5.50. The molecule has 0 bridgehead atoms. The predicted octanol–water partition coefficient (Wildman–Crippen LogP) is 3.04. The molecule has 1 aromatic carbocycles. The largest absolute Gasteiger partial charge is 0.368 e. The second kappa shape index (κ2) is 7.63. The SMILES string of the molecule is CC1CCC2(CC1)N=C(N1CCN(c3ccc(Cl)cc3)CC1)NC(=O)[C@@H]2C#N. The summed E-state index contributed by atoms with van der Waals surface area (Å²) < 4.78 is 0. The van der Waals surface area contributed by atoms with Gasteiger partial charge in [-0.2, -0.15) is 5.26 Å². The van der Waals surface area contributed by atoms with E-state index >= 15 is 0 Å². The van der Waals surface area contributed by atoms with Crippen molar-refractivity contribution in [2.75, 3.05) is 31.1 Å². The smallest absolute Gasteiger partial charge is 0.246 e. The Kier molecular flexibility index (Phi) is 5.20. The fraction of sp³-hybridized carbons (Fsp3) is 0.571. The zero-order valence-electron chi connectivity index (χ0n) is 16.2. The van der Waals surface area contributed by atoms with Crippen molar-refractivity contribution >= 4 is 29.2 Å². The Morgan fingerprint density at radius 3 is 2.36 bits per heavy atom. The van der Waals surface area contributed by atoms with Gasteiger partial charge in [-0.15, -0.1) is 0 Å². The van der Waals surface area contributed by atoms with Crippen molar-refractivity contribution in [1.82, 2.24) is 10.2 Å². The lowest BCUT2D eigenvalue weighted by atomic mass is 9.70. The number of carbonyl (C=O) groups is 1. The molecule has 6 nitrogen and oxygen atoms in total. The van der Waals surface area contributed by atoms with Crippen LogP contribution >= 0.6 is 11.6 Å².